The molecule has 5 heteroatoms. The Kier molecular flexibility index (Phi) is 3.23. The molecule has 0 spiro atoms. The van der Waals surface area contributed by atoms with Crippen LogP contribution in [0.4, 0.5) is 11.4 Å². The Morgan fingerprint density at radius 1 is 1.22 bits per heavy atom. The van der Waals surface area contributed by atoms with E-state index in [1.54, 1.807) is 6.07 Å². The van der Waals surface area contributed by atoms with Crippen LogP contribution in [0.15, 0.2) is 30.7 Å². The number of carbonyl (C=O) groups excluding carboxylic acids is 1. The van der Waals surface area contributed by atoms with E-state index in [1.165, 1.54) is 18.6 Å². The molecule has 0 aliphatic rings. The van der Waals surface area contributed by atoms with Crippen LogP contribution in [0.5, 0.6) is 0 Å². The van der Waals surface area contributed by atoms with Crippen LogP contribution in [-0.2, 0) is 0 Å². The van der Waals surface area contributed by atoms with Crippen LogP contribution in [0.1, 0.15) is 21.6 Å². The first kappa shape index (κ1) is 12.0. The molecule has 1 aromatic heterocycles. The van der Waals surface area contributed by atoms with Crippen molar-refractivity contribution in [3.05, 3.63) is 47.5 Å². The van der Waals surface area contributed by atoms with E-state index in [0.29, 0.717) is 11.4 Å². The minimum absolute atomic E-state index is 0.274. The fourth-order valence-corrected chi connectivity index (χ4v) is 1.61. The van der Waals surface area contributed by atoms with Crippen molar-refractivity contribution < 1.29 is 4.79 Å². The van der Waals surface area contributed by atoms with Crippen LogP contribution < -0.4 is 11.1 Å². The van der Waals surface area contributed by atoms with Crippen LogP contribution in [0.25, 0.3) is 0 Å². The van der Waals surface area contributed by atoms with Gasteiger partial charge in [-0.3, -0.25) is 9.78 Å². The van der Waals surface area contributed by atoms with Crippen LogP contribution in [0, 0.1) is 13.8 Å². The number of benzene rings is 1. The second kappa shape index (κ2) is 4.83. The van der Waals surface area contributed by atoms with E-state index in [4.69, 9.17) is 5.73 Å². The molecule has 5 nitrogen and oxygen atoms in total. The smallest absolute Gasteiger partial charge is 0.275 e. The number of nitrogens with zero attached hydrogens (tertiary/aromatic N) is 2. The lowest BCUT2D eigenvalue weighted by molar-refractivity contribution is 0.102. The highest BCUT2D eigenvalue weighted by molar-refractivity contribution is 6.03. The van der Waals surface area contributed by atoms with E-state index in [9.17, 15) is 4.79 Å². The molecule has 2 aromatic rings. The molecule has 0 aliphatic carbocycles. The van der Waals surface area contributed by atoms with Crippen molar-refractivity contribution in [3.63, 3.8) is 0 Å². The second-order valence-corrected chi connectivity index (χ2v) is 4.07. The molecule has 0 saturated carbocycles. The summed E-state index contributed by atoms with van der Waals surface area (Å²) < 4.78 is 0. The Morgan fingerprint density at radius 2 is 2.00 bits per heavy atom. The minimum Gasteiger partial charge on any atom is -0.398 e. The molecule has 0 aliphatic heterocycles. The molecule has 1 heterocycles. The first-order valence-electron chi connectivity index (χ1n) is 5.52. The average molecular weight is 242 g/mol. The van der Waals surface area contributed by atoms with Crippen molar-refractivity contribution in [1.82, 2.24) is 9.97 Å². The van der Waals surface area contributed by atoms with E-state index < -0.39 is 0 Å². The van der Waals surface area contributed by atoms with E-state index >= 15 is 0 Å². The van der Waals surface area contributed by atoms with Gasteiger partial charge in [0.25, 0.3) is 5.91 Å². The van der Waals surface area contributed by atoms with Gasteiger partial charge in [-0.05, 0) is 31.0 Å². The number of nitrogens with one attached hydrogen (secondary N) is 1. The van der Waals surface area contributed by atoms with Gasteiger partial charge in [-0.15, -0.1) is 0 Å². The molecule has 0 saturated heterocycles. The highest BCUT2D eigenvalue weighted by atomic mass is 16.1. The quantitative estimate of drug-likeness (QED) is 0.788. The first-order valence-corrected chi connectivity index (χ1v) is 5.52. The Morgan fingerprint density at radius 3 is 2.67 bits per heavy atom. The summed E-state index contributed by atoms with van der Waals surface area (Å²) in [5.74, 6) is -0.297. The summed E-state index contributed by atoms with van der Waals surface area (Å²) in [5, 5.41) is 2.77. The Labute approximate surface area is 105 Å². The Hall–Kier alpha value is -2.43. The monoisotopic (exact) mass is 242 g/mol. The first-order chi connectivity index (χ1) is 8.58. The lowest BCUT2D eigenvalue weighted by Gasteiger charge is -2.10. The largest absolute Gasteiger partial charge is 0.398 e. The lowest BCUT2D eigenvalue weighted by atomic mass is 10.1. The van der Waals surface area contributed by atoms with Crippen molar-refractivity contribution in [3.8, 4) is 0 Å². The topological polar surface area (TPSA) is 80.9 Å². The molecule has 18 heavy (non-hydrogen) atoms. The molecule has 92 valence electrons. The molecule has 0 unspecified atom stereocenters. The minimum atomic E-state index is -0.297. The summed E-state index contributed by atoms with van der Waals surface area (Å²) >= 11 is 0. The van der Waals surface area contributed by atoms with E-state index in [1.807, 2.05) is 19.9 Å². The van der Waals surface area contributed by atoms with Gasteiger partial charge in [-0.1, -0.05) is 6.07 Å². The SMILES string of the molecule is Cc1cc(C)c(NC(=O)c2cnccn2)cc1N. The number of anilines is 2. The Balaban J connectivity index is 2.25. The lowest BCUT2D eigenvalue weighted by Crippen LogP contribution is -2.15. The predicted molar refractivity (Wildman–Crippen MR) is 70.3 cm³/mol. The van der Waals surface area contributed by atoms with Crippen LogP contribution >= 0.6 is 0 Å². The van der Waals surface area contributed by atoms with Gasteiger partial charge in [-0.25, -0.2) is 4.98 Å². The molecule has 0 fully saturated rings. The number of aryl methyl sites for hydroxylation is 2. The van der Waals surface area contributed by atoms with Gasteiger partial charge in [0.05, 0.1) is 6.20 Å². The number of rotatable bonds is 2. The predicted octanol–water partition coefficient (Wildman–Crippen LogP) is 1.93. The van der Waals surface area contributed by atoms with Crippen molar-refractivity contribution in [2.45, 2.75) is 13.8 Å². The molecule has 2 rings (SSSR count). The fraction of sp³-hybridized carbons (Fsp3) is 0.154. The van der Waals surface area contributed by atoms with Gasteiger partial charge in [0.1, 0.15) is 5.69 Å². The standard InChI is InChI=1S/C13H14N4O/c1-8-5-9(2)11(6-10(8)14)17-13(18)12-7-15-3-4-16-12/h3-7H,14H2,1-2H3,(H,17,18). The van der Waals surface area contributed by atoms with Gasteiger partial charge in [0, 0.05) is 23.8 Å². The fourth-order valence-electron chi connectivity index (χ4n) is 1.61. The maximum absolute atomic E-state index is 11.9. The normalized spacial score (nSPS) is 10.1. The maximum Gasteiger partial charge on any atom is 0.275 e. The van der Waals surface area contributed by atoms with Crippen LogP contribution in [-0.4, -0.2) is 15.9 Å². The Bertz CT molecular complexity index is 581. The summed E-state index contributed by atoms with van der Waals surface area (Å²) in [5.41, 5.74) is 9.38. The highest BCUT2D eigenvalue weighted by Crippen LogP contribution is 2.22. The second-order valence-electron chi connectivity index (χ2n) is 4.07. The number of aromatic nitrogens is 2. The zero-order chi connectivity index (χ0) is 13.1. The third-order valence-electron chi connectivity index (χ3n) is 2.66. The van der Waals surface area contributed by atoms with Crippen molar-refractivity contribution in [1.29, 1.82) is 0 Å². The molecule has 0 bridgehead atoms. The van der Waals surface area contributed by atoms with Gasteiger partial charge in [0.2, 0.25) is 0 Å². The highest BCUT2D eigenvalue weighted by Gasteiger charge is 2.10. The summed E-state index contributed by atoms with van der Waals surface area (Å²) in [6.07, 6.45) is 4.42. The number of nitrogen functional groups attached to an aromatic ring is 1. The van der Waals surface area contributed by atoms with Crippen molar-refractivity contribution in [2.75, 3.05) is 11.1 Å². The summed E-state index contributed by atoms with van der Waals surface area (Å²) in [7, 11) is 0. The summed E-state index contributed by atoms with van der Waals surface area (Å²) in [6, 6.07) is 3.68. The number of amides is 1. The van der Waals surface area contributed by atoms with E-state index in [0.717, 1.165) is 11.1 Å². The molecular weight excluding hydrogens is 228 g/mol. The van der Waals surface area contributed by atoms with Gasteiger partial charge in [0.15, 0.2) is 0 Å². The van der Waals surface area contributed by atoms with E-state index in [2.05, 4.69) is 15.3 Å². The van der Waals surface area contributed by atoms with Gasteiger partial charge < -0.3 is 11.1 Å². The zero-order valence-electron chi connectivity index (χ0n) is 10.3. The third-order valence-corrected chi connectivity index (χ3v) is 2.66. The third kappa shape index (κ3) is 2.45. The van der Waals surface area contributed by atoms with Gasteiger partial charge >= 0.3 is 0 Å². The van der Waals surface area contributed by atoms with Crippen LogP contribution in [0.3, 0.4) is 0 Å². The van der Waals surface area contributed by atoms with Crippen LogP contribution in [0.2, 0.25) is 0 Å². The number of carbonyl (C=O) groups is 1. The zero-order valence-corrected chi connectivity index (χ0v) is 10.3. The summed E-state index contributed by atoms with van der Waals surface area (Å²) in [6.45, 7) is 3.84. The molecule has 1 amide bonds. The number of hydrogen-bond donors (Lipinski definition) is 2. The number of nitrogens with two attached hydrogens (primary N) is 1. The molecule has 0 radical (unpaired) electrons. The number of hydrogen-bond acceptors (Lipinski definition) is 4. The molecule has 1 aromatic carbocycles. The summed E-state index contributed by atoms with van der Waals surface area (Å²) in [4.78, 5) is 19.7. The molecular formula is C13H14N4O. The van der Waals surface area contributed by atoms with Crippen molar-refractivity contribution in [2.24, 2.45) is 0 Å². The van der Waals surface area contributed by atoms with E-state index in [-0.39, 0.29) is 11.6 Å². The van der Waals surface area contributed by atoms with Gasteiger partial charge in [-0.2, -0.15) is 0 Å². The van der Waals surface area contributed by atoms with Crippen molar-refractivity contribution >= 4 is 17.3 Å². The molecule has 3 N–H and O–H groups in total. The maximum atomic E-state index is 11.9. The average Bonchev–Trinajstić information content (AvgIpc) is 2.37. The molecule has 0 atom stereocenters.